The Hall–Kier alpha value is -3.10. The van der Waals surface area contributed by atoms with Crippen molar-refractivity contribution < 1.29 is 9.52 Å². The van der Waals surface area contributed by atoms with Gasteiger partial charge in [-0.05, 0) is 36.0 Å². The summed E-state index contributed by atoms with van der Waals surface area (Å²) in [6.07, 6.45) is 0. The molecule has 4 rings (SSSR count). The molecule has 0 aliphatic heterocycles. The van der Waals surface area contributed by atoms with Gasteiger partial charge in [0.15, 0.2) is 11.3 Å². The molecule has 0 atom stereocenters. The van der Waals surface area contributed by atoms with Gasteiger partial charge in [-0.2, -0.15) is 0 Å². The van der Waals surface area contributed by atoms with E-state index >= 15 is 0 Å². The summed E-state index contributed by atoms with van der Waals surface area (Å²) in [7, 11) is 3.45. The van der Waals surface area contributed by atoms with Crippen molar-refractivity contribution in [1.82, 2.24) is 9.47 Å². The number of thiocarbonyl (C=S) groups is 1. The maximum Gasteiger partial charge on any atom is 0.354 e. The molecular weight excluding hydrogens is 408 g/mol. The van der Waals surface area contributed by atoms with Crippen LogP contribution in [0.3, 0.4) is 0 Å². The largest absolute Gasteiger partial charge is 0.505 e. The van der Waals surface area contributed by atoms with Crippen molar-refractivity contribution in [3.8, 4) is 11.4 Å². The monoisotopic (exact) mass is 424 g/mol. The van der Waals surface area contributed by atoms with Crippen LogP contribution in [-0.2, 0) is 0 Å². The number of pyridine rings is 1. The molecule has 4 aromatic rings. The Balaban J connectivity index is 2.15. The summed E-state index contributed by atoms with van der Waals surface area (Å²) in [6.45, 7) is 0. The first-order valence-corrected chi connectivity index (χ1v) is 9.90. The van der Waals surface area contributed by atoms with Crippen molar-refractivity contribution >= 4 is 50.2 Å². The van der Waals surface area contributed by atoms with Crippen LogP contribution in [0.2, 0.25) is 0 Å². The maximum absolute atomic E-state index is 13.4. The van der Waals surface area contributed by atoms with E-state index in [1.54, 1.807) is 55.4 Å². The molecular formula is C21H16N2O4S2. The van der Waals surface area contributed by atoms with Gasteiger partial charge < -0.3 is 14.4 Å². The highest BCUT2D eigenvalue weighted by atomic mass is 32.2. The van der Waals surface area contributed by atoms with Crippen molar-refractivity contribution in [2.75, 3.05) is 14.1 Å². The van der Waals surface area contributed by atoms with Gasteiger partial charge in [0, 0.05) is 25.2 Å². The molecule has 8 heteroatoms. The zero-order chi connectivity index (χ0) is 20.7. The molecule has 0 saturated carbocycles. The fraction of sp³-hybridized carbons (Fsp3) is 0.0952. The second-order valence-corrected chi connectivity index (χ2v) is 8.17. The van der Waals surface area contributed by atoms with Crippen LogP contribution in [0, 0.1) is 0 Å². The van der Waals surface area contributed by atoms with E-state index in [0.717, 1.165) is 11.8 Å². The van der Waals surface area contributed by atoms with Crippen molar-refractivity contribution in [3.63, 3.8) is 0 Å². The Labute approximate surface area is 175 Å². The standard InChI is InChI=1S/C21H16N2O4S2/c1-22(2)21(28)29-18-16(24)15-17(27-20(18)26)13-10-6-7-11-14(13)23(19(15)25)12-8-4-3-5-9-12/h3-11,24H,1-2H3. The average Bonchev–Trinajstić information content (AvgIpc) is 2.71. The summed E-state index contributed by atoms with van der Waals surface area (Å²) in [5, 5.41) is 11.4. The molecule has 2 heterocycles. The first kappa shape index (κ1) is 19.2. The number of hydrogen-bond donors (Lipinski definition) is 1. The number of nitrogens with zero attached hydrogens (tertiary/aromatic N) is 2. The second kappa shape index (κ2) is 7.38. The Kier molecular flexibility index (Phi) is 4.89. The van der Waals surface area contributed by atoms with E-state index in [0.29, 0.717) is 20.9 Å². The first-order valence-electron chi connectivity index (χ1n) is 8.68. The Morgan fingerprint density at radius 2 is 1.72 bits per heavy atom. The molecule has 0 aliphatic carbocycles. The third kappa shape index (κ3) is 3.20. The molecule has 2 aromatic carbocycles. The molecule has 0 spiro atoms. The molecule has 0 aliphatic rings. The lowest BCUT2D eigenvalue weighted by molar-refractivity contribution is 0.447. The molecule has 29 heavy (non-hydrogen) atoms. The van der Waals surface area contributed by atoms with Gasteiger partial charge in [0.1, 0.15) is 14.6 Å². The number of benzene rings is 2. The van der Waals surface area contributed by atoms with Crippen LogP contribution in [-0.4, -0.2) is 33.0 Å². The maximum atomic E-state index is 13.4. The van der Waals surface area contributed by atoms with E-state index in [1.807, 2.05) is 18.2 Å². The predicted molar refractivity (Wildman–Crippen MR) is 119 cm³/mol. The number of para-hydroxylation sites is 2. The third-order valence-corrected chi connectivity index (χ3v) is 6.15. The van der Waals surface area contributed by atoms with E-state index in [-0.39, 0.29) is 15.9 Å². The Morgan fingerprint density at radius 1 is 1.07 bits per heavy atom. The molecule has 1 N–H and O–H groups in total. The quantitative estimate of drug-likeness (QED) is 0.298. The minimum absolute atomic E-state index is 0.0559. The zero-order valence-corrected chi connectivity index (χ0v) is 17.2. The van der Waals surface area contributed by atoms with Crippen LogP contribution in [0.4, 0.5) is 0 Å². The lowest BCUT2D eigenvalue weighted by Crippen LogP contribution is -2.21. The summed E-state index contributed by atoms with van der Waals surface area (Å²) in [5.74, 6) is -0.425. The van der Waals surface area contributed by atoms with Gasteiger partial charge in [0.2, 0.25) is 0 Å². The van der Waals surface area contributed by atoms with Crippen molar-refractivity contribution in [2.45, 2.75) is 4.90 Å². The fourth-order valence-electron chi connectivity index (χ4n) is 3.08. The molecule has 0 unspecified atom stereocenters. The lowest BCUT2D eigenvalue weighted by atomic mass is 10.1. The van der Waals surface area contributed by atoms with E-state index in [4.69, 9.17) is 16.6 Å². The van der Waals surface area contributed by atoms with Crippen LogP contribution in [0.25, 0.3) is 27.6 Å². The highest BCUT2D eigenvalue weighted by Gasteiger charge is 2.23. The predicted octanol–water partition coefficient (Wildman–Crippen LogP) is 3.74. The first-order chi connectivity index (χ1) is 13.9. The van der Waals surface area contributed by atoms with Gasteiger partial charge in [0.05, 0.1) is 5.52 Å². The third-order valence-electron chi connectivity index (χ3n) is 4.43. The molecule has 0 saturated heterocycles. The zero-order valence-electron chi connectivity index (χ0n) is 15.6. The number of rotatable bonds is 2. The number of hydrogen-bond acceptors (Lipinski definition) is 6. The van der Waals surface area contributed by atoms with Gasteiger partial charge in [-0.1, -0.05) is 42.5 Å². The van der Waals surface area contributed by atoms with E-state index in [1.165, 1.54) is 4.57 Å². The minimum Gasteiger partial charge on any atom is -0.505 e. The van der Waals surface area contributed by atoms with Crippen LogP contribution < -0.4 is 11.2 Å². The highest BCUT2D eigenvalue weighted by molar-refractivity contribution is 8.23. The van der Waals surface area contributed by atoms with Gasteiger partial charge in [0.25, 0.3) is 5.56 Å². The second-order valence-electron chi connectivity index (χ2n) is 6.53. The summed E-state index contributed by atoms with van der Waals surface area (Å²) in [5.41, 5.74) is 0.0394. The van der Waals surface area contributed by atoms with Gasteiger partial charge in [-0.3, -0.25) is 9.36 Å². The Bertz CT molecular complexity index is 1380. The topological polar surface area (TPSA) is 75.7 Å². The average molecular weight is 425 g/mol. The molecule has 6 nitrogen and oxygen atoms in total. The fourth-order valence-corrected chi connectivity index (χ4v) is 4.01. The van der Waals surface area contributed by atoms with E-state index < -0.39 is 16.9 Å². The van der Waals surface area contributed by atoms with E-state index in [9.17, 15) is 14.7 Å². The van der Waals surface area contributed by atoms with Crippen molar-refractivity contribution in [2.24, 2.45) is 0 Å². The van der Waals surface area contributed by atoms with Crippen molar-refractivity contribution in [3.05, 3.63) is 75.4 Å². The highest BCUT2D eigenvalue weighted by Crippen LogP contribution is 2.35. The number of fused-ring (bicyclic) bond motifs is 3. The smallest absolute Gasteiger partial charge is 0.354 e. The van der Waals surface area contributed by atoms with Crippen LogP contribution in [0.1, 0.15) is 0 Å². The lowest BCUT2D eigenvalue weighted by Gasteiger charge is -2.15. The number of aromatic hydroxyl groups is 1. The molecule has 0 radical (unpaired) electrons. The number of thioether (sulfide) groups is 1. The Morgan fingerprint density at radius 3 is 2.41 bits per heavy atom. The molecule has 146 valence electrons. The van der Waals surface area contributed by atoms with Gasteiger partial charge in [-0.25, -0.2) is 4.79 Å². The summed E-state index contributed by atoms with van der Waals surface area (Å²) in [6, 6.07) is 16.2. The summed E-state index contributed by atoms with van der Waals surface area (Å²) in [4.78, 5) is 27.5. The minimum atomic E-state index is -0.744. The van der Waals surface area contributed by atoms with Gasteiger partial charge >= 0.3 is 5.63 Å². The van der Waals surface area contributed by atoms with E-state index in [2.05, 4.69) is 0 Å². The summed E-state index contributed by atoms with van der Waals surface area (Å²) >= 11 is 6.12. The molecule has 0 fully saturated rings. The van der Waals surface area contributed by atoms with Crippen LogP contribution >= 0.6 is 24.0 Å². The molecule has 0 amide bonds. The molecule has 2 aromatic heterocycles. The summed E-state index contributed by atoms with van der Waals surface area (Å²) < 4.78 is 7.37. The van der Waals surface area contributed by atoms with Crippen molar-refractivity contribution in [1.29, 1.82) is 0 Å². The SMILES string of the molecule is CN(C)C(=S)Sc1c(O)c2c(=O)n(-c3ccccc3)c3ccccc3c2oc1=O. The number of aromatic nitrogens is 1. The normalized spacial score (nSPS) is 11.1. The van der Waals surface area contributed by atoms with Gasteiger partial charge in [-0.15, -0.1) is 0 Å². The van der Waals surface area contributed by atoms with Crippen LogP contribution in [0.15, 0.2) is 73.5 Å². The molecule has 0 bridgehead atoms. The van der Waals surface area contributed by atoms with Crippen LogP contribution in [0.5, 0.6) is 5.75 Å².